The van der Waals surface area contributed by atoms with Gasteiger partial charge in [0.25, 0.3) is 5.56 Å². The molecule has 1 atom stereocenters. The fourth-order valence-corrected chi connectivity index (χ4v) is 4.81. The molecule has 1 unspecified atom stereocenters. The summed E-state index contributed by atoms with van der Waals surface area (Å²) in [6.07, 6.45) is 5.49. The summed E-state index contributed by atoms with van der Waals surface area (Å²) in [4.78, 5) is 42.7. The first-order valence-corrected chi connectivity index (χ1v) is 11.9. The number of carbonyl (C=O) groups is 2. The maximum atomic E-state index is 13.5. The third-order valence-corrected chi connectivity index (χ3v) is 6.31. The predicted octanol–water partition coefficient (Wildman–Crippen LogP) is 3.39. The van der Waals surface area contributed by atoms with Crippen molar-refractivity contribution in [3.63, 3.8) is 0 Å². The summed E-state index contributed by atoms with van der Waals surface area (Å²) >= 11 is 1.26. The van der Waals surface area contributed by atoms with Crippen LogP contribution in [-0.4, -0.2) is 23.1 Å². The zero-order valence-electron chi connectivity index (χ0n) is 19.6. The number of hydrogen-bond acceptors (Lipinski definition) is 7. The molecule has 2 aromatic carbocycles. The van der Waals surface area contributed by atoms with Crippen LogP contribution in [0.25, 0.3) is 12.2 Å². The minimum Gasteiger partial charge on any atom is -0.463 e. The highest BCUT2D eigenvalue weighted by Gasteiger charge is 2.33. The molecule has 178 valence electrons. The van der Waals surface area contributed by atoms with Crippen LogP contribution < -0.4 is 19.6 Å². The Bertz CT molecular complexity index is 1500. The monoisotopic (exact) mass is 488 g/mol. The predicted molar refractivity (Wildman–Crippen MR) is 135 cm³/mol. The number of esters is 2. The van der Waals surface area contributed by atoms with Crippen molar-refractivity contribution in [2.75, 3.05) is 6.61 Å². The molecule has 4 rings (SSSR count). The van der Waals surface area contributed by atoms with Crippen molar-refractivity contribution < 1.29 is 19.1 Å². The molecule has 1 aliphatic heterocycles. The highest BCUT2D eigenvalue weighted by atomic mass is 32.1. The molecular formula is C27H24N2O5S. The van der Waals surface area contributed by atoms with Gasteiger partial charge in [0, 0.05) is 6.92 Å². The third-order valence-electron chi connectivity index (χ3n) is 5.31. The van der Waals surface area contributed by atoms with Crippen LogP contribution in [0, 0.1) is 0 Å². The van der Waals surface area contributed by atoms with E-state index in [1.165, 1.54) is 22.8 Å². The number of fused-ring (bicyclic) bond motifs is 1. The van der Waals surface area contributed by atoms with E-state index in [1.807, 2.05) is 42.5 Å². The Morgan fingerprint density at radius 2 is 1.83 bits per heavy atom. The van der Waals surface area contributed by atoms with E-state index in [0.29, 0.717) is 31.9 Å². The molecule has 0 aliphatic carbocycles. The Balaban J connectivity index is 1.83. The molecule has 0 amide bonds. The van der Waals surface area contributed by atoms with E-state index < -0.39 is 18.0 Å². The minimum absolute atomic E-state index is 0.197. The topological polar surface area (TPSA) is 87.0 Å². The van der Waals surface area contributed by atoms with Gasteiger partial charge >= 0.3 is 11.9 Å². The second-order valence-electron chi connectivity index (χ2n) is 7.76. The molecule has 0 spiro atoms. The quantitative estimate of drug-likeness (QED) is 0.392. The molecule has 1 aliphatic rings. The van der Waals surface area contributed by atoms with Crippen LogP contribution in [0.15, 0.2) is 81.7 Å². The molecule has 7 nitrogen and oxygen atoms in total. The van der Waals surface area contributed by atoms with E-state index >= 15 is 0 Å². The molecule has 0 saturated heterocycles. The number of benzene rings is 2. The van der Waals surface area contributed by atoms with Crippen LogP contribution in [0.3, 0.4) is 0 Å². The molecule has 0 N–H and O–H groups in total. The summed E-state index contributed by atoms with van der Waals surface area (Å²) in [5.41, 5.74) is 2.22. The Labute approximate surface area is 206 Å². The Morgan fingerprint density at radius 3 is 2.49 bits per heavy atom. The van der Waals surface area contributed by atoms with Crippen LogP contribution in [0.2, 0.25) is 0 Å². The molecule has 0 saturated carbocycles. The van der Waals surface area contributed by atoms with E-state index in [4.69, 9.17) is 9.47 Å². The lowest BCUT2D eigenvalue weighted by Crippen LogP contribution is -2.39. The molecule has 0 radical (unpaired) electrons. The SMILES string of the molecule is CCOC(=O)C1=C(C)N=c2s/c(=C/C=C/c3ccccc3)c(=O)n2C1c1ccc(OC(C)=O)cc1. The fourth-order valence-electron chi connectivity index (χ4n) is 3.82. The standard InChI is InChI=1S/C27H24N2O5S/c1-4-33-26(32)23-17(2)28-27-29(24(23)20-13-15-21(16-14-20)34-18(3)30)25(31)22(35-27)12-8-11-19-9-6-5-7-10-19/h5-16,24H,4H2,1-3H3/b11-8+,22-12+. The summed E-state index contributed by atoms with van der Waals surface area (Å²) in [6.45, 7) is 4.98. The number of carbonyl (C=O) groups excluding carboxylic acids is 2. The highest BCUT2D eigenvalue weighted by Crippen LogP contribution is 2.31. The first kappa shape index (κ1) is 24.1. The molecule has 35 heavy (non-hydrogen) atoms. The normalized spacial score (nSPS) is 15.6. The van der Waals surface area contributed by atoms with E-state index in [2.05, 4.69) is 4.99 Å². The van der Waals surface area contributed by atoms with Crippen molar-refractivity contribution in [3.05, 3.63) is 103 Å². The first-order valence-electron chi connectivity index (χ1n) is 11.1. The van der Waals surface area contributed by atoms with E-state index in [-0.39, 0.29) is 12.2 Å². The summed E-state index contributed by atoms with van der Waals surface area (Å²) in [6, 6.07) is 15.8. The minimum atomic E-state index is -0.725. The first-order chi connectivity index (χ1) is 16.9. The molecule has 2 heterocycles. The maximum Gasteiger partial charge on any atom is 0.338 e. The third kappa shape index (κ3) is 5.22. The number of thiazole rings is 1. The molecule has 0 bridgehead atoms. The molecule has 3 aromatic rings. The molecule has 8 heteroatoms. The van der Waals surface area contributed by atoms with Crippen LogP contribution in [0.4, 0.5) is 0 Å². The number of hydrogen-bond donors (Lipinski definition) is 0. The van der Waals surface area contributed by atoms with Crippen molar-refractivity contribution in [1.29, 1.82) is 0 Å². The molecule has 1 aromatic heterocycles. The zero-order chi connectivity index (χ0) is 24.9. The number of allylic oxidation sites excluding steroid dienone is 2. The van der Waals surface area contributed by atoms with Crippen molar-refractivity contribution in [2.45, 2.75) is 26.8 Å². The van der Waals surface area contributed by atoms with Crippen molar-refractivity contribution in [1.82, 2.24) is 4.57 Å². The Kier molecular flexibility index (Phi) is 7.22. The van der Waals surface area contributed by atoms with E-state index in [1.54, 1.807) is 44.2 Å². The lowest BCUT2D eigenvalue weighted by molar-refractivity contribution is -0.139. The zero-order valence-corrected chi connectivity index (χ0v) is 20.4. The maximum absolute atomic E-state index is 13.5. The van der Waals surface area contributed by atoms with Crippen molar-refractivity contribution in [2.24, 2.45) is 4.99 Å². The fraction of sp³-hybridized carbons (Fsp3) is 0.185. The van der Waals surface area contributed by atoms with Gasteiger partial charge in [-0.25, -0.2) is 9.79 Å². The Morgan fingerprint density at radius 1 is 1.11 bits per heavy atom. The second kappa shape index (κ2) is 10.5. The largest absolute Gasteiger partial charge is 0.463 e. The summed E-state index contributed by atoms with van der Waals surface area (Å²) in [5, 5.41) is 0. The van der Waals surface area contributed by atoms with Gasteiger partial charge in [-0.15, -0.1) is 0 Å². The lowest BCUT2D eigenvalue weighted by atomic mass is 9.96. The van der Waals surface area contributed by atoms with E-state index in [9.17, 15) is 14.4 Å². The average Bonchev–Trinajstić information content (AvgIpc) is 3.14. The number of nitrogens with zero attached hydrogens (tertiary/aromatic N) is 2. The smallest absolute Gasteiger partial charge is 0.338 e. The summed E-state index contributed by atoms with van der Waals surface area (Å²) in [5.74, 6) is -0.587. The van der Waals surface area contributed by atoms with Crippen LogP contribution in [-0.2, 0) is 14.3 Å². The van der Waals surface area contributed by atoms with Gasteiger partial charge in [-0.05, 0) is 43.2 Å². The van der Waals surface area contributed by atoms with Crippen LogP contribution in [0.1, 0.15) is 37.9 Å². The number of ether oxygens (including phenoxy) is 2. The van der Waals surface area contributed by atoms with Crippen LogP contribution >= 0.6 is 11.3 Å². The van der Waals surface area contributed by atoms with Crippen molar-refractivity contribution >= 4 is 35.4 Å². The molecule has 0 fully saturated rings. The van der Waals surface area contributed by atoms with Gasteiger partial charge in [-0.1, -0.05) is 66.0 Å². The van der Waals surface area contributed by atoms with Gasteiger partial charge in [-0.2, -0.15) is 0 Å². The Hall–Kier alpha value is -4.04. The van der Waals surface area contributed by atoms with Gasteiger partial charge < -0.3 is 9.47 Å². The highest BCUT2D eigenvalue weighted by molar-refractivity contribution is 7.07. The number of rotatable bonds is 6. The summed E-state index contributed by atoms with van der Waals surface area (Å²) in [7, 11) is 0. The van der Waals surface area contributed by atoms with Crippen LogP contribution in [0.5, 0.6) is 5.75 Å². The van der Waals surface area contributed by atoms with E-state index in [0.717, 1.165) is 5.56 Å². The lowest BCUT2D eigenvalue weighted by Gasteiger charge is -2.24. The van der Waals surface area contributed by atoms with Gasteiger partial charge in [0.15, 0.2) is 4.80 Å². The van der Waals surface area contributed by atoms with Gasteiger partial charge in [-0.3, -0.25) is 14.2 Å². The molecular weight excluding hydrogens is 464 g/mol. The van der Waals surface area contributed by atoms with Gasteiger partial charge in [0.2, 0.25) is 0 Å². The second-order valence-corrected chi connectivity index (χ2v) is 8.77. The van der Waals surface area contributed by atoms with Gasteiger partial charge in [0.05, 0.1) is 28.5 Å². The average molecular weight is 489 g/mol. The number of aromatic nitrogens is 1. The van der Waals surface area contributed by atoms with Crippen molar-refractivity contribution in [3.8, 4) is 5.75 Å². The summed E-state index contributed by atoms with van der Waals surface area (Å²) < 4.78 is 12.4. The van der Waals surface area contributed by atoms with Gasteiger partial charge in [0.1, 0.15) is 5.75 Å².